The molecule has 5 N–H and O–H groups in total. The van der Waals surface area contributed by atoms with Crippen LogP contribution in [0.4, 0.5) is 17.1 Å². The van der Waals surface area contributed by atoms with Crippen LogP contribution < -0.4 is 5.32 Å². The molecule has 1 aliphatic rings. The lowest BCUT2D eigenvalue weighted by atomic mass is 9.98. The predicted molar refractivity (Wildman–Crippen MR) is 81.9 cm³/mol. The quantitative estimate of drug-likeness (QED) is 0.323. The van der Waals surface area contributed by atoms with Gasteiger partial charge in [-0.1, -0.05) is 0 Å². The van der Waals surface area contributed by atoms with Crippen LogP contribution in [0, 0.1) is 27.2 Å². The number of ether oxygens (including phenoxy) is 1. The van der Waals surface area contributed by atoms with Crippen LogP contribution in [-0.4, -0.2) is 67.5 Å². The van der Waals surface area contributed by atoms with Crippen molar-refractivity contribution in [1.29, 1.82) is 0 Å². The molecule has 12 heteroatoms. The summed E-state index contributed by atoms with van der Waals surface area (Å²) in [5.41, 5.74) is -1.27. The summed E-state index contributed by atoms with van der Waals surface area (Å²) >= 11 is 0. The first kappa shape index (κ1) is 19.0. The summed E-state index contributed by atoms with van der Waals surface area (Å²) in [5.74, 6) is 0. The summed E-state index contributed by atoms with van der Waals surface area (Å²) in [4.78, 5) is 20.6. The topological polar surface area (TPSA) is 188 Å². The number of benzene rings is 1. The van der Waals surface area contributed by atoms with E-state index in [1.54, 1.807) is 0 Å². The van der Waals surface area contributed by atoms with E-state index in [1.807, 2.05) is 0 Å². The second-order valence-corrected chi connectivity index (χ2v) is 5.55. The maximum atomic E-state index is 11.1. The van der Waals surface area contributed by atoms with E-state index in [2.05, 4.69) is 5.32 Å². The Balaban J connectivity index is 2.36. The molecule has 0 spiro atoms. The third-order valence-electron chi connectivity index (χ3n) is 3.95. The van der Waals surface area contributed by atoms with E-state index >= 15 is 0 Å². The Morgan fingerprint density at radius 3 is 2.04 bits per heavy atom. The second-order valence-electron chi connectivity index (χ2n) is 5.55. The highest BCUT2D eigenvalue weighted by molar-refractivity contribution is 5.64. The molecule has 0 aromatic heterocycles. The lowest BCUT2D eigenvalue weighted by Crippen LogP contribution is -2.60. The number of anilines is 1. The highest BCUT2D eigenvalue weighted by Crippen LogP contribution is 2.33. The van der Waals surface area contributed by atoms with Crippen molar-refractivity contribution >= 4 is 17.1 Å². The van der Waals surface area contributed by atoms with Crippen LogP contribution in [0.2, 0.25) is 0 Å². The van der Waals surface area contributed by atoms with Crippen LogP contribution in [-0.2, 0) is 4.74 Å². The molecule has 5 atom stereocenters. The van der Waals surface area contributed by atoms with Gasteiger partial charge in [0, 0.05) is 17.8 Å². The average molecular weight is 359 g/mol. The summed E-state index contributed by atoms with van der Waals surface area (Å²) in [5, 5.41) is 63.2. The van der Waals surface area contributed by atoms with Crippen molar-refractivity contribution in [3.63, 3.8) is 0 Å². The van der Waals surface area contributed by atoms with Crippen molar-refractivity contribution in [1.82, 2.24) is 0 Å². The standard InChI is InChI=1S/C13H17N3O9/c1-5-7(15(21)22)2-6(3-8(5)16(23)24)14-13-12(20)11(19)10(18)9(4-17)25-13/h2-3,9-14,17-20H,4H2,1H3/t9-,10-,11+,12-,13-/m1/s1. The minimum atomic E-state index is -1.65. The zero-order chi connectivity index (χ0) is 18.9. The normalized spacial score (nSPS) is 29.2. The summed E-state index contributed by atoms with van der Waals surface area (Å²) in [6.07, 6.45) is -7.42. The Morgan fingerprint density at radius 2 is 1.60 bits per heavy atom. The van der Waals surface area contributed by atoms with Crippen LogP contribution in [0.25, 0.3) is 0 Å². The Bertz CT molecular complexity index is 646. The van der Waals surface area contributed by atoms with Gasteiger partial charge in [-0.2, -0.15) is 0 Å². The molecule has 0 saturated carbocycles. The molecule has 1 aliphatic heterocycles. The van der Waals surface area contributed by atoms with Gasteiger partial charge < -0.3 is 30.5 Å². The minimum Gasteiger partial charge on any atom is -0.394 e. The van der Waals surface area contributed by atoms with E-state index in [1.165, 1.54) is 6.92 Å². The fraction of sp³-hybridized carbons (Fsp3) is 0.538. The van der Waals surface area contributed by atoms with Crippen LogP contribution in [0.1, 0.15) is 5.56 Å². The molecule has 0 bridgehead atoms. The highest BCUT2D eigenvalue weighted by atomic mass is 16.6. The predicted octanol–water partition coefficient (Wildman–Crippen LogP) is -0.977. The third kappa shape index (κ3) is 3.67. The molecule has 1 heterocycles. The first-order valence-corrected chi connectivity index (χ1v) is 7.17. The summed E-state index contributed by atoms with van der Waals surface area (Å²) in [7, 11) is 0. The van der Waals surface area contributed by atoms with Gasteiger partial charge in [-0.3, -0.25) is 20.2 Å². The van der Waals surface area contributed by atoms with Crippen LogP contribution in [0.3, 0.4) is 0 Å². The van der Waals surface area contributed by atoms with Crippen LogP contribution in [0.5, 0.6) is 0 Å². The van der Waals surface area contributed by atoms with Crippen molar-refractivity contribution in [3.05, 3.63) is 37.9 Å². The molecule has 0 unspecified atom stereocenters. The molecular weight excluding hydrogens is 342 g/mol. The first-order valence-electron chi connectivity index (χ1n) is 7.17. The number of nitro groups is 2. The molecule has 0 aliphatic carbocycles. The molecule has 1 fully saturated rings. The Kier molecular flexibility index (Phi) is 5.49. The highest BCUT2D eigenvalue weighted by Gasteiger charge is 2.43. The monoisotopic (exact) mass is 359 g/mol. The van der Waals surface area contributed by atoms with Crippen molar-refractivity contribution in [3.8, 4) is 0 Å². The van der Waals surface area contributed by atoms with Gasteiger partial charge in [0.15, 0.2) is 6.23 Å². The number of aliphatic hydroxyl groups excluding tert-OH is 4. The SMILES string of the molecule is Cc1c([N+](=O)[O-])cc(N[C@@H]2O[C@H](CO)[C@@H](O)[C@H](O)[C@H]2O)cc1[N+](=O)[O-]. The number of hydrogen-bond donors (Lipinski definition) is 5. The van der Waals surface area contributed by atoms with Crippen LogP contribution >= 0.6 is 0 Å². The minimum absolute atomic E-state index is 0.103. The third-order valence-corrected chi connectivity index (χ3v) is 3.95. The van der Waals surface area contributed by atoms with E-state index in [0.717, 1.165) is 12.1 Å². The average Bonchev–Trinajstić information content (AvgIpc) is 2.56. The fourth-order valence-corrected chi connectivity index (χ4v) is 2.53. The summed E-state index contributed by atoms with van der Waals surface area (Å²) in [6, 6.07) is 2.04. The maximum Gasteiger partial charge on any atom is 0.281 e. The smallest absolute Gasteiger partial charge is 0.281 e. The summed E-state index contributed by atoms with van der Waals surface area (Å²) < 4.78 is 5.20. The largest absolute Gasteiger partial charge is 0.394 e. The molecule has 0 amide bonds. The molecule has 2 rings (SSSR count). The molecule has 138 valence electrons. The number of hydrogen-bond acceptors (Lipinski definition) is 10. The van der Waals surface area contributed by atoms with Gasteiger partial charge in [0.1, 0.15) is 30.0 Å². The zero-order valence-corrected chi connectivity index (χ0v) is 13.0. The molecule has 1 aromatic rings. The molecule has 1 saturated heterocycles. The van der Waals surface area contributed by atoms with Crippen molar-refractivity contribution in [2.45, 2.75) is 37.6 Å². The van der Waals surface area contributed by atoms with Crippen molar-refractivity contribution in [2.24, 2.45) is 0 Å². The lowest BCUT2D eigenvalue weighted by Gasteiger charge is -2.40. The van der Waals surface area contributed by atoms with Crippen molar-refractivity contribution < 1.29 is 35.0 Å². The molecule has 25 heavy (non-hydrogen) atoms. The molecule has 0 radical (unpaired) electrons. The maximum absolute atomic E-state index is 11.1. The van der Waals surface area contributed by atoms with Gasteiger partial charge >= 0.3 is 0 Å². The van der Waals surface area contributed by atoms with E-state index in [4.69, 9.17) is 9.84 Å². The van der Waals surface area contributed by atoms with Gasteiger partial charge in [-0.25, -0.2) is 0 Å². The summed E-state index contributed by atoms with van der Waals surface area (Å²) in [6.45, 7) is 0.575. The first-order chi connectivity index (χ1) is 11.7. The number of aliphatic hydroxyl groups is 4. The Hall–Kier alpha value is -2.38. The second kappa shape index (κ2) is 7.25. The zero-order valence-electron chi connectivity index (χ0n) is 13.0. The Labute approximate surface area is 140 Å². The molecule has 12 nitrogen and oxygen atoms in total. The van der Waals surface area contributed by atoms with Crippen molar-refractivity contribution in [2.75, 3.05) is 11.9 Å². The van der Waals surface area contributed by atoms with Gasteiger partial charge in [0.2, 0.25) is 0 Å². The molecule has 1 aromatic carbocycles. The van der Waals surface area contributed by atoms with E-state index < -0.39 is 58.5 Å². The van der Waals surface area contributed by atoms with Gasteiger partial charge in [0.05, 0.1) is 16.5 Å². The number of nitrogens with one attached hydrogen (secondary N) is 1. The van der Waals surface area contributed by atoms with E-state index in [-0.39, 0.29) is 11.3 Å². The van der Waals surface area contributed by atoms with E-state index in [0.29, 0.717) is 0 Å². The number of rotatable bonds is 5. The fourth-order valence-electron chi connectivity index (χ4n) is 2.53. The van der Waals surface area contributed by atoms with E-state index in [9.17, 15) is 35.5 Å². The van der Waals surface area contributed by atoms with Gasteiger partial charge in [0.25, 0.3) is 11.4 Å². The Morgan fingerprint density at radius 1 is 1.08 bits per heavy atom. The van der Waals surface area contributed by atoms with Gasteiger partial charge in [-0.05, 0) is 6.92 Å². The van der Waals surface area contributed by atoms with Crippen LogP contribution in [0.15, 0.2) is 12.1 Å². The number of nitro benzene ring substituents is 2. The molecular formula is C13H17N3O9. The lowest BCUT2D eigenvalue weighted by molar-refractivity contribution is -0.395. The van der Waals surface area contributed by atoms with Gasteiger partial charge in [-0.15, -0.1) is 0 Å². The number of nitrogens with zero attached hydrogens (tertiary/aromatic N) is 2.